The van der Waals surface area contributed by atoms with E-state index >= 15 is 0 Å². The number of aromatic nitrogens is 2. The van der Waals surface area contributed by atoms with E-state index in [0.29, 0.717) is 11.7 Å². The summed E-state index contributed by atoms with van der Waals surface area (Å²) in [6.07, 6.45) is 16.0. The largest absolute Gasteiger partial charge is 0.482 e. The third-order valence-corrected chi connectivity index (χ3v) is 6.67. The van der Waals surface area contributed by atoms with Gasteiger partial charge in [-0.2, -0.15) is 5.10 Å². The van der Waals surface area contributed by atoms with Gasteiger partial charge < -0.3 is 9.84 Å². The molecule has 2 atom stereocenters. The van der Waals surface area contributed by atoms with Crippen molar-refractivity contribution in [3.8, 4) is 5.75 Å². The predicted octanol–water partition coefficient (Wildman–Crippen LogP) is 5.20. The zero-order chi connectivity index (χ0) is 24.0. The number of rotatable bonds is 8. The zero-order valence-corrected chi connectivity index (χ0v) is 19.6. The van der Waals surface area contributed by atoms with E-state index in [2.05, 4.69) is 58.4 Å². The first kappa shape index (κ1) is 22.8. The summed E-state index contributed by atoms with van der Waals surface area (Å²) in [5, 5.41) is 13.7. The van der Waals surface area contributed by atoms with E-state index in [0.717, 1.165) is 48.9 Å². The Labute approximate surface area is 205 Å². The highest BCUT2D eigenvalue weighted by Crippen LogP contribution is 2.35. The third kappa shape index (κ3) is 5.43. The Kier molecular flexibility index (Phi) is 6.89. The minimum Gasteiger partial charge on any atom is -0.482 e. The molecule has 1 aliphatic carbocycles. The molecule has 0 saturated heterocycles. The second-order valence-corrected chi connectivity index (χ2v) is 9.12. The Morgan fingerprint density at radius 1 is 1.14 bits per heavy atom. The van der Waals surface area contributed by atoms with Crippen LogP contribution in [-0.4, -0.2) is 33.7 Å². The van der Waals surface area contributed by atoms with E-state index in [1.54, 1.807) is 0 Å². The number of ether oxygens (including phenoxy) is 1. The molecule has 1 N–H and O–H groups in total. The molecule has 2 aliphatic rings. The zero-order valence-electron chi connectivity index (χ0n) is 19.6. The minimum absolute atomic E-state index is 0.0810. The van der Waals surface area contributed by atoms with Gasteiger partial charge in [0.15, 0.2) is 6.61 Å². The van der Waals surface area contributed by atoms with Gasteiger partial charge in [-0.15, -0.1) is 0 Å². The number of fused-ring (bicyclic) bond motifs is 1. The van der Waals surface area contributed by atoms with E-state index in [1.165, 1.54) is 11.1 Å². The Bertz CT molecular complexity index is 1270. The highest BCUT2D eigenvalue weighted by Gasteiger charge is 2.24. The topological polar surface area (TPSA) is 76.7 Å². The van der Waals surface area contributed by atoms with Crippen molar-refractivity contribution < 1.29 is 14.6 Å². The van der Waals surface area contributed by atoms with Crippen LogP contribution >= 0.6 is 0 Å². The molecular weight excluding hydrogens is 438 g/mol. The summed E-state index contributed by atoms with van der Waals surface area (Å²) in [6.45, 7) is 0.531. The van der Waals surface area contributed by atoms with Crippen LogP contribution in [0.4, 0.5) is 0 Å². The SMILES string of the molecule is O=C(O)COc1cccc2c1CCC(Cn1cc(C(C3=CN=CCC=C3)c3ccccc3)cn1)C2. The summed E-state index contributed by atoms with van der Waals surface area (Å²) in [7, 11) is 0. The van der Waals surface area contributed by atoms with Crippen molar-refractivity contribution in [1.82, 2.24) is 9.78 Å². The Balaban J connectivity index is 1.33. The summed E-state index contributed by atoms with van der Waals surface area (Å²) < 4.78 is 7.59. The molecule has 0 amide bonds. The van der Waals surface area contributed by atoms with Crippen molar-refractivity contribution >= 4 is 12.2 Å². The smallest absolute Gasteiger partial charge is 0.341 e. The van der Waals surface area contributed by atoms with E-state index in [9.17, 15) is 4.79 Å². The van der Waals surface area contributed by atoms with Crippen molar-refractivity contribution in [2.45, 2.75) is 38.1 Å². The second kappa shape index (κ2) is 10.6. The Hall–Kier alpha value is -3.93. The summed E-state index contributed by atoms with van der Waals surface area (Å²) in [4.78, 5) is 15.4. The van der Waals surface area contributed by atoms with Crippen LogP contribution in [0.1, 0.15) is 41.0 Å². The molecule has 178 valence electrons. The fourth-order valence-corrected chi connectivity index (χ4v) is 5.07. The number of carboxylic acid groups (broad SMARTS) is 1. The number of nitrogens with zero attached hydrogens (tertiary/aromatic N) is 3. The summed E-state index contributed by atoms with van der Waals surface area (Å²) in [5.41, 5.74) is 5.92. The number of aliphatic carboxylic acids is 1. The van der Waals surface area contributed by atoms with Crippen molar-refractivity contribution in [3.05, 3.63) is 107 Å². The molecule has 0 spiro atoms. The Morgan fingerprint density at radius 2 is 2.03 bits per heavy atom. The molecule has 6 nitrogen and oxygen atoms in total. The molecule has 1 aromatic heterocycles. The lowest BCUT2D eigenvalue weighted by Gasteiger charge is -2.26. The molecule has 2 unspecified atom stereocenters. The molecule has 0 radical (unpaired) electrons. The second-order valence-electron chi connectivity index (χ2n) is 9.12. The minimum atomic E-state index is -0.957. The van der Waals surface area contributed by atoms with E-state index < -0.39 is 5.97 Å². The van der Waals surface area contributed by atoms with Crippen molar-refractivity contribution in [3.63, 3.8) is 0 Å². The first-order valence-electron chi connectivity index (χ1n) is 12.1. The predicted molar refractivity (Wildman–Crippen MR) is 136 cm³/mol. The molecule has 35 heavy (non-hydrogen) atoms. The number of carboxylic acids is 1. The molecule has 2 heterocycles. The quantitative estimate of drug-likeness (QED) is 0.494. The van der Waals surface area contributed by atoms with Crippen LogP contribution in [0.3, 0.4) is 0 Å². The average Bonchev–Trinajstić information content (AvgIpc) is 3.15. The summed E-state index contributed by atoms with van der Waals surface area (Å²) in [5.74, 6) is 0.281. The van der Waals surface area contributed by atoms with Gasteiger partial charge in [-0.05, 0) is 53.5 Å². The molecule has 5 rings (SSSR count). The van der Waals surface area contributed by atoms with E-state index in [1.807, 2.05) is 36.8 Å². The molecule has 1 aliphatic heterocycles. The highest BCUT2D eigenvalue weighted by molar-refractivity contribution is 5.68. The number of carbonyl (C=O) groups is 1. The van der Waals surface area contributed by atoms with Crippen LogP contribution in [0.2, 0.25) is 0 Å². The van der Waals surface area contributed by atoms with Crippen LogP contribution in [0, 0.1) is 5.92 Å². The van der Waals surface area contributed by atoms with Gasteiger partial charge in [0.25, 0.3) is 0 Å². The maximum absolute atomic E-state index is 10.9. The maximum Gasteiger partial charge on any atom is 0.341 e. The number of allylic oxidation sites excluding steroid dienone is 3. The van der Waals surface area contributed by atoms with Crippen molar-refractivity contribution in [2.24, 2.45) is 10.9 Å². The normalized spacial score (nSPS) is 17.8. The number of hydrogen-bond acceptors (Lipinski definition) is 4. The highest BCUT2D eigenvalue weighted by atomic mass is 16.5. The monoisotopic (exact) mass is 467 g/mol. The first-order valence-corrected chi connectivity index (χ1v) is 12.1. The van der Waals surface area contributed by atoms with E-state index in [-0.39, 0.29) is 12.5 Å². The number of benzene rings is 2. The Morgan fingerprint density at radius 3 is 2.89 bits per heavy atom. The fraction of sp³-hybridized carbons (Fsp3) is 0.276. The van der Waals surface area contributed by atoms with Gasteiger partial charge in [-0.1, -0.05) is 54.6 Å². The van der Waals surface area contributed by atoms with Gasteiger partial charge in [0.2, 0.25) is 0 Å². The lowest BCUT2D eigenvalue weighted by Crippen LogP contribution is -2.21. The molecule has 6 heteroatoms. The van der Waals surface area contributed by atoms with Crippen LogP contribution in [0.5, 0.6) is 5.75 Å². The van der Waals surface area contributed by atoms with Gasteiger partial charge in [0.1, 0.15) is 5.75 Å². The lowest BCUT2D eigenvalue weighted by molar-refractivity contribution is -0.139. The molecule has 0 bridgehead atoms. The van der Waals surface area contributed by atoms with Crippen LogP contribution in [0.25, 0.3) is 0 Å². The van der Waals surface area contributed by atoms with Gasteiger partial charge in [0, 0.05) is 43.1 Å². The van der Waals surface area contributed by atoms with Crippen LogP contribution in [0.15, 0.2) is 89.8 Å². The van der Waals surface area contributed by atoms with Crippen LogP contribution in [-0.2, 0) is 24.2 Å². The average molecular weight is 468 g/mol. The molecule has 2 aromatic carbocycles. The summed E-state index contributed by atoms with van der Waals surface area (Å²) in [6, 6.07) is 16.5. The number of aliphatic imine (C=N–C) groups is 1. The van der Waals surface area contributed by atoms with Gasteiger partial charge in [-0.25, -0.2) is 4.79 Å². The van der Waals surface area contributed by atoms with Crippen molar-refractivity contribution in [2.75, 3.05) is 6.61 Å². The maximum atomic E-state index is 10.9. The standard InChI is InChI=1S/C29H29N3O3/c33-28(34)20-35-27-11-6-10-23-15-21(12-13-26(23)27)18-32-19-25(17-31-32)29(22-7-2-1-3-8-22)24-9-4-5-14-30-16-24/h1-4,6-11,14,16-17,19,21,29H,5,12-13,15,18,20H2,(H,33,34). The van der Waals surface area contributed by atoms with Gasteiger partial charge in [-0.3, -0.25) is 9.67 Å². The number of hydrogen-bond donors (Lipinski definition) is 1. The van der Waals surface area contributed by atoms with Gasteiger partial charge >= 0.3 is 5.97 Å². The first-order chi connectivity index (χ1) is 17.2. The van der Waals surface area contributed by atoms with Crippen LogP contribution < -0.4 is 4.74 Å². The lowest BCUT2D eigenvalue weighted by atomic mass is 9.83. The summed E-state index contributed by atoms with van der Waals surface area (Å²) >= 11 is 0. The third-order valence-electron chi connectivity index (χ3n) is 6.67. The fourth-order valence-electron chi connectivity index (χ4n) is 5.07. The van der Waals surface area contributed by atoms with Crippen molar-refractivity contribution in [1.29, 1.82) is 0 Å². The van der Waals surface area contributed by atoms with Gasteiger partial charge in [0.05, 0.1) is 6.20 Å². The molecule has 0 saturated carbocycles. The van der Waals surface area contributed by atoms with E-state index in [4.69, 9.17) is 14.9 Å². The molecule has 0 fully saturated rings. The molecular formula is C29H29N3O3. The molecule has 3 aromatic rings.